The second-order valence-corrected chi connectivity index (χ2v) is 10.7. The standard InChI is InChI=1S/C24H27N3O6S/c1-14-5-10-20-21(11-14)24(30)27(23(20)29)17(4)22(28)25-18-6-8-19(9-7-18)34(31,32)26-12-15(2)33-16(3)13-26/h5-11,15-17H,12-13H2,1-4H3,(H,25,28). The summed E-state index contributed by atoms with van der Waals surface area (Å²) in [6.45, 7) is 7.48. The first-order valence-corrected chi connectivity index (χ1v) is 12.5. The van der Waals surface area contributed by atoms with E-state index in [0.29, 0.717) is 5.69 Å². The Hall–Kier alpha value is -3.08. The lowest BCUT2D eigenvalue weighted by Crippen LogP contribution is -2.48. The van der Waals surface area contributed by atoms with Gasteiger partial charge in [0, 0.05) is 18.8 Å². The lowest BCUT2D eigenvalue weighted by molar-refractivity contribution is -0.119. The van der Waals surface area contributed by atoms with Crippen LogP contribution in [0.4, 0.5) is 5.69 Å². The number of nitrogens with zero attached hydrogens (tertiary/aromatic N) is 2. The molecule has 2 heterocycles. The molecule has 9 nitrogen and oxygen atoms in total. The van der Waals surface area contributed by atoms with E-state index in [-0.39, 0.29) is 41.3 Å². The van der Waals surface area contributed by atoms with Crippen LogP contribution in [0.5, 0.6) is 0 Å². The van der Waals surface area contributed by atoms with Gasteiger partial charge < -0.3 is 10.1 Å². The largest absolute Gasteiger partial charge is 0.373 e. The van der Waals surface area contributed by atoms with Crippen molar-refractivity contribution in [3.8, 4) is 0 Å². The van der Waals surface area contributed by atoms with Gasteiger partial charge in [0.25, 0.3) is 11.8 Å². The summed E-state index contributed by atoms with van der Waals surface area (Å²) >= 11 is 0. The number of amides is 3. The van der Waals surface area contributed by atoms with E-state index in [1.807, 2.05) is 20.8 Å². The molecule has 1 saturated heterocycles. The van der Waals surface area contributed by atoms with Crippen LogP contribution in [-0.4, -0.2) is 66.7 Å². The first-order chi connectivity index (χ1) is 16.0. The van der Waals surface area contributed by atoms with Gasteiger partial charge in [0.1, 0.15) is 6.04 Å². The molecule has 0 aliphatic carbocycles. The molecule has 0 aromatic heterocycles. The van der Waals surface area contributed by atoms with Gasteiger partial charge in [-0.3, -0.25) is 19.3 Å². The molecular formula is C24H27N3O6S. The summed E-state index contributed by atoms with van der Waals surface area (Å²) in [4.78, 5) is 39.3. The van der Waals surface area contributed by atoms with Crippen molar-refractivity contribution < 1.29 is 27.5 Å². The summed E-state index contributed by atoms with van der Waals surface area (Å²) in [6.07, 6.45) is -0.408. The highest BCUT2D eigenvalue weighted by Crippen LogP contribution is 2.27. The predicted molar refractivity (Wildman–Crippen MR) is 125 cm³/mol. The normalized spacial score (nSPS) is 21.9. The molecule has 2 aliphatic heterocycles. The number of hydrogen-bond donors (Lipinski definition) is 1. The fourth-order valence-corrected chi connectivity index (χ4v) is 5.87. The van der Waals surface area contributed by atoms with Crippen molar-refractivity contribution in [3.63, 3.8) is 0 Å². The fraction of sp³-hybridized carbons (Fsp3) is 0.375. The third-order valence-electron chi connectivity index (χ3n) is 5.99. The maximum atomic E-state index is 13.0. The van der Waals surface area contributed by atoms with Crippen molar-refractivity contribution in [3.05, 3.63) is 59.2 Å². The van der Waals surface area contributed by atoms with Crippen molar-refractivity contribution in [2.75, 3.05) is 18.4 Å². The minimum absolute atomic E-state index is 0.107. The van der Waals surface area contributed by atoms with Crippen LogP contribution >= 0.6 is 0 Å². The lowest BCUT2D eigenvalue weighted by Gasteiger charge is -2.34. The zero-order valence-corrected chi connectivity index (χ0v) is 20.3. The van der Waals surface area contributed by atoms with Crippen molar-refractivity contribution in [1.29, 1.82) is 0 Å². The summed E-state index contributed by atoms with van der Waals surface area (Å²) in [7, 11) is -3.71. The molecular weight excluding hydrogens is 458 g/mol. The summed E-state index contributed by atoms with van der Waals surface area (Å²) in [6, 6.07) is 9.72. The molecule has 3 unspecified atom stereocenters. The number of morpholine rings is 1. The second-order valence-electron chi connectivity index (χ2n) is 8.80. The average molecular weight is 486 g/mol. The monoisotopic (exact) mass is 485 g/mol. The van der Waals surface area contributed by atoms with Gasteiger partial charge >= 0.3 is 0 Å². The van der Waals surface area contributed by atoms with Gasteiger partial charge in [-0.15, -0.1) is 0 Å². The molecule has 3 amide bonds. The second kappa shape index (κ2) is 8.94. The number of hydrogen-bond acceptors (Lipinski definition) is 6. The smallest absolute Gasteiger partial charge is 0.262 e. The number of imide groups is 1. The molecule has 2 aliphatic rings. The average Bonchev–Trinajstić information content (AvgIpc) is 3.02. The highest BCUT2D eigenvalue weighted by atomic mass is 32.2. The van der Waals surface area contributed by atoms with E-state index >= 15 is 0 Å². The molecule has 3 atom stereocenters. The predicted octanol–water partition coefficient (Wildman–Crippen LogP) is 2.42. The molecule has 1 N–H and O–H groups in total. The van der Waals surface area contributed by atoms with Crippen molar-refractivity contribution in [2.45, 2.75) is 50.8 Å². The van der Waals surface area contributed by atoms with Crippen molar-refractivity contribution in [2.24, 2.45) is 0 Å². The number of benzene rings is 2. The maximum absolute atomic E-state index is 13.0. The number of carbonyl (C=O) groups is 3. The topological polar surface area (TPSA) is 113 Å². The van der Waals surface area contributed by atoms with Crippen molar-refractivity contribution in [1.82, 2.24) is 9.21 Å². The Balaban J connectivity index is 1.46. The SMILES string of the molecule is Cc1ccc2c(c1)C(=O)N(C(C)C(=O)Nc1ccc(S(=O)(=O)N3CC(C)OC(C)C3)cc1)C2=O. The Morgan fingerprint density at radius 3 is 2.21 bits per heavy atom. The van der Waals surface area contributed by atoms with Crippen LogP contribution in [0.25, 0.3) is 0 Å². The Kier molecular flexibility index (Phi) is 6.32. The summed E-state index contributed by atoms with van der Waals surface area (Å²) in [5.74, 6) is -1.59. The van der Waals surface area contributed by atoms with Crippen LogP contribution in [0.3, 0.4) is 0 Å². The van der Waals surface area contributed by atoms with Crippen LogP contribution in [0, 0.1) is 6.92 Å². The molecule has 2 aromatic carbocycles. The molecule has 10 heteroatoms. The number of carbonyl (C=O) groups excluding carboxylic acids is 3. The van der Waals surface area contributed by atoms with Gasteiger partial charge in [-0.1, -0.05) is 11.6 Å². The minimum Gasteiger partial charge on any atom is -0.373 e. The zero-order chi connectivity index (χ0) is 24.8. The summed E-state index contributed by atoms with van der Waals surface area (Å²) < 4.78 is 33.0. The molecule has 0 radical (unpaired) electrons. The van der Waals surface area contributed by atoms with Gasteiger partial charge in [0.05, 0.1) is 28.2 Å². The minimum atomic E-state index is -3.71. The summed E-state index contributed by atoms with van der Waals surface area (Å²) in [5, 5.41) is 2.66. The highest BCUT2D eigenvalue weighted by Gasteiger charge is 2.41. The number of ether oxygens (including phenoxy) is 1. The fourth-order valence-electron chi connectivity index (χ4n) is 4.28. The molecule has 1 fully saturated rings. The molecule has 34 heavy (non-hydrogen) atoms. The van der Waals surface area contributed by atoms with E-state index in [2.05, 4.69) is 5.32 Å². The quantitative estimate of drug-likeness (QED) is 0.651. The third-order valence-corrected chi connectivity index (χ3v) is 7.83. The van der Waals surface area contributed by atoms with E-state index in [0.717, 1.165) is 10.5 Å². The van der Waals surface area contributed by atoms with Crippen LogP contribution in [0.1, 0.15) is 47.1 Å². The molecule has 180 valence electrons. The maximum Gasteiger partial charge on any atom is 0.262 e. The third kappa shape index (κ3) is 4.36. The van der Waals surface area contributed by atoms with Crippen LogP contribution in [-0.2, 0) is 19.6 Å². The van der Waals surface area contributed by atoms with E-state index < -0.39 is 33.8 Å². The Morgan fingerprint density at radius 2 is 1.59 bits per heavy atom. The van der Waals surface area contributed by atoms with Crippen LogP contribution in [0.2, 0.25) is 0 Å². The van der Waals surface area contributed by atoms with E-state index in [1.54, 1.807) is 18.2 Å². The van der Waals surface area contributed by atoms with Crippen LogP contribution < -0.4 is 5.32 Å². The van der Waals surface area contributed by atoms with Gasteiger partial charge in [-0.05, 0) is 64.1 Å². The number of sulfonamides is 1. The molecule has 2 aromatic rings. The van der Waals surface area contributed by atoms with E-state index in [4.69, 9.17) is 4.74 Å². The highest BCUT2D eigenvalue weighted by molar-refractivity contribution is 7.89. The van der Waals surface area contributed by atoms with Gasteiger partial charge in [-0.25, -0.2) is 8.42 Å². The van der Waals surface area contributed by atoms with E-state index in [1.165, 1.54) is 35.5 Å². The Bertz CT molecular complexity index is 1250. The molecule has 0 saturated carbocycles. The molecule has 4 rings (SSSR count). The first kappa shape index (κ1) is 24.1. The van der Waals surface area contributed by atoms with Gasteiger partial charge in [-0.2, -0.15) is 4.31 Å². The van der Waals surface area contributed by atoms with Gasteiger partial charge in [0.15, 0.2) is 0 Å². The number of aryl methyl sites for hydroxylation is 1. The lowest BCUT2D eigenvalue weighted by atomic mass is 10.1. The molecule has 0 spiro atoms. The number of anilines is 1. The van der Waals surface area contributed by atoms with Crippen LogP contribution in [0.15, 0.2) is 47.4 Å². The first-order valence-electron chi connectivity index (χ1n) is 11.0. The number of rotatable bonds is 5. The Morgan fingerprint density at radius 1 is 1.00 bits per heavy atom. The number of fused-ring (bicyclic) bond motifs is 1. The van der Waals surface area contributed by atoms with E-state index in [9.17, 15) is 22.8 Å². The van der Waals surface area contributed by atoms with Crippen molar-refractivity contribution >= 4 is 33.4 Å². The van der Waals surface area contributed by atoms with Gasteiger partial charge in [0.2, 0.25) is 15.9 Å². The molecule has 0 bridgehead atoms. The Labute approximate surface area is 198 Å². The summed E-state index contributed by atoms with van der Waals surface area (Å²) in [5.41, 5.74) is 1.75. The number of nitrogens with one attached hydrogen (secondary N) is 1. The zero-order valence-electron chi connectivity index (χ0n) is 19.4.